The van der Waals surface area contributed by atoms with E-state index in [1.165, 1.54) is 7.11 Å². The number of fused-ring (bicyclic) bond motifs is 1. The van der Waals surface area contributed by atoms with Crippen LogP contribution in [0.2, 0.25) is 0 Å². The Labute approximate surface area is 107 Å². The van der Waals surface area contributed by atoms with Crippen LogP contribution in [-0.4, -0.2) is 43.6 Å². The third-order valence-corrected chi connectivity index (χ3v) is 3.03. The van der Waals surface area contributed by atoms with E-state index in [9.17, 15) is 4.79 Å². The lowest BCUT2D eigenvalue weighted by Gasteiger charge is -2.18. The highest BCUT2D eigenvalue weighted by Gasteiger charge is 2.24. The molecule has 0 fully saturated rings. The number of rotatable bonds is 4. The number of carbonyl (C=O) groups is 1. The summed E-state index contributed by atoms with van der Waals surface area (Å²) >= 11 is 0. The Morgan fingerprint density at radius 3 is 2.78 bits per heavy atom. The van der Waals surface area contributed by atoms with Crippen LogP contribution in [0.1, 0.15) is 11.5 Å². The molecular weight excluding hydrogens is 228 g/mol. The van der Waals surface area contributed by atoms with Gasteiger partial charge in [-0.05, 0) is 25.7 Å². The molecule has 0 radical (unpaired) electrons. The number of likely N-dealkylation sites (N-methyl/N-ethyl adjacent to an activating group) is 1. The topological polar surface area (TPSA) is 45.3 Å². The minimum absolute atomic E-state index is 0.201. The molecule has 0 aliphatic heterocycles. The van der Waals surface area contributed by atoms with Gasteiger partial charge in [-0.3, -0.25) is 4.79 Å². The Kier molecular flexibility index (Phi) is 3.67. The third-order valence-electron chi connectivity index (χ3n) is 3.03. The maximum atomic E-state index is 11.9. The van der Waals surface area contributed by atoms with E-state index < -0.39 is 0 Å². The normalized spacial score (nSPS) is 12.9. The van der Waals surface area contributed by atoms with Crippen LogP contribution < -0.4 is 0 Å². The Bertz CT molecular complexity index is 545. The van der Waals surface area contributed by atoms with Gasteiger partial charge in [-0.25, -0.2) is 0 Å². The minimum Gasteiger partial charge on any atom is -0.469 e. The predicted octanol–water partition coefficient (Wildman–Crippen LogP) is 1.99. The summed E-state index contributed by atoms with van der Waals surface area (Å²) in [7, 11) is 5.33. The second kappa shape index (κ2) is 5.23. The molecule has 1 aromatic heterocycles. The monoisotopic (exact) mass is 246 g/mol. The number of nitrogens with zero attached hydrogens (tertiary/aromatic N) is 1. The van der Waals surface area contributed by atoms with Gasteiger partial charge >= 0.3 is 5.97 Å². The van der Waals surface area contributed by atoms with Crippen molar-refractivity contribution in [1.29, 1.82) is 0 Å². The Hall–Kier alpha value is -1.81. The largest absolute Gasteiger partial charge is 0.469 e. The van der Waals surface area contributed by atoms with Crippen LogP contribution in [0.25, 0.3) is 10.9 Å². The van der Waals surface area contributed by atoms with Crippen molar-refractivity contribution in [2.75, 3.05) is 27.7 Å². The lowest BCUT2D eigenvalue weighted by molar-refractivity contribution is -0.142. The van der Waals surface area contributed by atoms with Crippen molar-refractivity contribution in [2.45, 2.75) is 5.92 Å². The molecule has 1 atom stereocenters. The molecule has 1 heterocycles. The van der Waals surface area contributed by atoms with E-state index in [1.54, 1.807) is 0 Å². The van der Waals surface area contributed by atoms with E-state index >= 15 is 0 Å². The number of benzene rings is 1. The molecule has 0 aliphatic rings. The number of hydrogen-bond acceptors (Lipinski definition) is 3. The lowest BCUT2D eigenvalue weighted by Crippen LogP contribution is -2.26. The fourth-order valence-electron chi connectivity index (χ4n) is 2.19. The zero-order valence-electron chi connectivity index (χ0n) is 10.9. The van der Waals surface area contributed by atoms with Gasteiger partial charge in [0.05, 0.1) is 13.0 Å². The van der Waals surface area contributed by atoms with Crippen LogP contribution in [0.15, 0.2) is 30.5 Å². The van der Waals surface area contributed by atoms with Crippen molar-refractivity contribution in [3.05, 3.63) is 36.0 Å². The average Bonchev–Trinajstić information content (AvgIpc) is 2.78. The first-order valence-corrected chi connectivity index (χ1v) is 5.92. The zero-order chi connectivity index (χ0) is 13.1. The maximum Gasteiger partial charge on any atom is 0.314 e. The Balaban J connectivity index is 2.44. The lowest BCUT2D eigenvalue weighted by atomic mass is 9.98. The molecule has 4 heteroatoms. The fourth-order valence-corrected chi connectivity index (χ4v) is 2.19. The van der Waals surface area contributed by atoms with Gasteiger partial charge in [-0.1, -0.05) is 18.2 Å². The van der Waals surface area contributed by atoms with E-state index in [-0.39, 0.29) is 11.9 Å². The van der Waals surface area contributed by atoms with Gasteiger partial charge < -0.3 is 14.6 Å². The maximum absolute atomic E-state index is 11.9. The van der Waals surface area contributed by atoms with Gasteiger partial charge in [-0.15, -0.1) is 0 Å². The fraction of sp³-hybridized carbons (Fsp3) is 0.357. The summed E-state index contributed by atoms with van der Waals surface area (Å²) in [5.74, 6) is -0.463. The molecule has 4 nitrogen and oxygen atoms in total. The number of para-hydroxylation sites is 1. The van der Waals surface area contributed by atoms with Crippen molar-refractivity contribution in [1.82, 2.24) is 9.88 Å². The molecule has 0 saturated heterocycles. The van der Waals surface area contributed by atoms with Crippen LogP contribution in [0.5, 0.6) is 0 Å². The van der Waals surface area contributed by atoms with Gasteiger partial charge in [0, 0.05) is 23.6 Å². The molecule has 1 aromatic carbocycles. The Morgan fingerprint density at radius 2 is 2.11 bits per heavy atom. The molecule has 96 valence electrons. The van der Waals surface area contributed by atoms with E-state index in [0.29, 0.717) is 6.54 Å². The molecule has 0 saturated carbocycles. The first-order chi connectivity index (χ1) is 8.63. The third kappa shape index (κ3) is 2.38. The number of aromatic amines is 1. The molecular formula is C14H18N2O2. The molecule has 18 heavy (non-hydrogen) atoms. The first kappa shape index (κ1) is 12.6. The first-order valence-electron chi connectivity index (χ1n) is 5.92. The van der Waals surface area contributed by atoms with E-state index in [0.717, 1.165) is 16.5 Å². The van der Waals surface area contributed by atoms with Crippen molar-refractivity contribution in [3.8, 4) is 0 Å². The van der Waals surface area contributed by atoms with Crippen LogP contribution >= 0.6 is 0 Å². The second-order valence-electron chi connectivity index (χ2n) is 4.63. The van der Waals surface area contributed by atoms with E-state index in [4.69, 9.17) is 4.74 Å². The highest BCUT2D eigenvalue weighted by atomic mass is 16.5. The van der Waals surface area contributed by atoms with Crippen LogP contribution in [-0.2, 0) is 9.53 Å². The van der Waals surface area contributed by atoms with Gasteiger partial charge in [0.2, 0.25) is 0 Å². The van der Waals surface area contributed by atoms with Crippen molar-refractivity contribution in [2.24, 2.45) is 0 Å². The molecule has 2 aromatic rings. The predicted molar refractivity (Wildman–Crippen MR) is 71.6 cm³/mol. The van der Waals surface area contributed by atoms with Crippen LogP contribution in [0.3, 0.4) is 0 Å². The second-order valence-corrected chi connectivity index (χ2v) is 4.63. The average molecular weight is 246 g/mol. The molecule has 0 aliphatic carbocycles. The molecule has 1 unspecified atom stereocenters. The standard InChI is InChI=1S/C14H18N2O2/c1-16(2)9-12(14(17)18-3)11-8-15-13-7-5-4-6-10(11)13/h4-8,12,15H,9H2,1-3H3. The van der Waals surface area contributed by atoms with Crippen molar-refractivity contribution >= 4 is 16.9 Å². The number of methoxy groups -OCH3 is 1. The van der Waals surface area contributed by atoms with Gasteiger partial charge in [0.15, 0.2) is 0 Å². The zero-order valence-corrected chi connectivity index (χ0v) is 10.9. The molecule has 0 amide bonds. The van der Waals surface area contributed by atoms with Gasteiger partial charge in [-0.2, -0.15) is 0 Å². The Morgan fingerprint density at radius 1 is 1.39 bits per heavy atom. The summed E-state index contributed by atoms with van der Waals surface area (Å²) in [6.45, 7) is 0.633. The summed E-state index contributed by atoms with van der Waals surface area (Å²) in [5, 5.41) is 1.08. The summed E-state index contributed by atoms with van der Waals surface area (Å²) in [4.78, 5) is 17.1. The number of aromatic nitrogens is 1. The highest BCUT2D eigenvalue weighted by Crippen LogP contribution is 2.26. The molecule has 1 N–H and O–H groups in total. The van der Waals surface area contributed by atoms with Crippen molar-refractivity contribution in [3.63, 3.8) is 0 Å². The van der Waals surface area contributed by atoms with Crippen LogP contribution in [0, 0.1) is 0 Å². The number of H-pyrrole nitrogens is 1. The van der Waals surface area contributed by atoms with Gasteiger partial charge in [0.25, 0.3) is 0 Å². The number of esters is 1. The summed E-state index contributed by atoms with van der Waals surface area (Å²) in [5.41, 5.74) is 2.03. The smallest absolute Gasteiger partial charge is 0.314 e. The summed E-state index contributed by atoms with van der Waals surface area (Å²) in [6, 6.07) is 7.97. The number of ether oxygens (including phenoxy) is 1. The van der Waals surface area contributed by atoms with E-state index in [1.807, 2.05) is 49.5 Å². The van der Waals surface area contributed by atoms with Crippen LogP contribution in [0.4, 0.5) is 0 Å². The van der Waals surface area contributed by atoms with Crippen molar-refractivity contribution < 1.29 is 9.53 Å². The minimum atomic E-state index is -0.263. The molecule has 0 bridgehead atoms. The SMILES string of the molecule is COC(=O)C(CN(C)C)c1c[nH]c2ccccc12. The number of hydrogen-bond donors (Lipinski definition) is 1. The summed E-state index contributed by atoms with van der Waals surface area (Å²) in [6.07, 6.45) is 1.90. The highest BCUT2D eigenvalue weighted by molar-refractivity contribution is 5.90. The van der Waals surface area contributed by atoms with E-state index in [2.05, 4.69) is 4.98 Å². The number of carbonyl (C=O) groups excluding carboxylic acids is 1. The molecule has 2 rings (SSSR count). The summed E-state index contributed by atoms with van der Waals surface area (Å²) < 4.78 is 4.91. The van der Waals surface area contributed by atoms with Gasteiger partial charge in [0.1, 0.15) is 0 Å². The quantitative estimate of drug-likeness (QED) is 0.839. The molecule has 0 spiro atoms. The number of nitrogens with one attached hydrogen (secondary N) is 1.